The molecule has 0 fully saturated rings. The Morgan fingerprint density at radius 3 is 1.38 bits per heavy atom. The van der Waals surface area contributed by atoms with Crippen molar-refractivity contribution in [2.24, 2.45) is 0 Å². The lowest BCUT2D eigenvalue weighted by Gasteiger charge is -2.32. The fraction of sp³-hybridized carbons (Fsp3) is 0.667. The molecule has 0 aromatic carbocycles. The first-order valence-corrected chi connectivity index (χ1v) is 17.8. The lowest BCUT2D eigenvalue weighted by Crippen LogP contribution is -2.61. The monoisotopic (exact) mass is 628 g/mol. The number of carbonyl (C=O) groups is 3. The summed E-state index contributed by atoms with van der Waals surface area (Å²) in [5, 5.41) is 32.6. The first-order chi connectivity index (χ1) is 21.8. The van der Waals surface area contributed by atoms with Gasteiger partial charge in [0.2, 0.25) is 5.60 Å². The number of hydrogen-bond donors (Lipinski definition) is 3. The van der Waals surface area contributed by atoms with Gasteiger partial charge in [-0.1, -0.05) is 165 Å². The van der Waals surface area contributed by atoms with Crippen molar-refractivity contribution in [3.05, 3.63) is 60.8 Å². The topological polar surface area (TPSA) is 112 Å². The average molecular weight is 629 g/mol. The largest absolute Gasteiger partial charge is 0.386 e. The molecule has 0 heterocycles. The van der Waals surface area contributed by atoms with Gasteiger partial charge in [-0.2, -0.15) is 0 Å². The quantitative estimate of drug-likeness (QED) is 0.0317. The summed E-state index contributed by atoms with van der Waals surface area (Å²) in [5.74, 6) is -2.58. The molecule has 0 saturated heterocycles. The second kappa shape index (κ2) is 29.0. The van der Waals surface area contributed by atoms with Gasteiger partial charge in [0, 0.05) is 12.8 Å². The molecule has 3 N–H and O–H groups in total. The Labute approximate surface area is 274 Å². The van der Waals surface area contributed by atoms with Crippen LogP contribution in [0.15, 0.2) is 60.8 Å². The zero-order chi connectivity index (χ0) is 33.6. The van der Waals surface area contributed by atoms with Gasteiger partial charge in [0.1, 0.15) is 12.2 Å². The fourth-order valence-electron chi connectivity index (χ4n) is 5.06. The number of aliphatic hydroxyl groups is 3. The summed E-state index contributed by atoms with van der Waals surface area (Å²) >= 11 is 0. The molecule has 6 nitrogen and oxygen atoms in total. The highest BCUT2D eigenvalue weighted by Gasteiger charge is 2.52. The molecule has 0 amide bonds. The number of Topliss-reactive ketones (excluding diaryl/α,β-unsaturated/α-hetero) is 2. The highest BCUT2D eigenvalue weighted by atomic mass is 16.4. The van der Waals surface area contributed by atoms with Crippen LogP contribution in [-0.2, 0) is 14.4 Å². The number of ketones is 3. The van der Waals surface area contributed by atoms with Crippen LogP contribution in [0.4, 0.5) is 0 Å². The van der Waals surface area contributed by atoms with Gasteiger partial charge in [-0.25, -0.2) is 0 Å². The molecular weight excluding hydrogens is 564 g/mol. The third-order valence-electron chi connectivity index (χ3n) is 8.03. The molecule has 2 atom stereocenters. The van der Waals surface area contributed by atoms with E-state index in [2.05, 4.69) is 26.8 Å². The van der Waals surface area contributed by atoms with Crippen LogP contribution in [-0.4, -0.2) is 50.5 Å². The summed E-state index contributed by atoms with van der Waals surface area (Å²) < 4.78 is 0. The predicted molar refractivity (Wildman–Crippen MR) is 187 cm³/mol. The third-order valence-corrected chi connectivity index (χ3v) is 8.03. The summed E-state index contributed by atoms with van der Waals surface area (Å²) in [6.45, 7) is 6.39. The van der Waals surface area contributed by atoms with E-state index < -0.39 is 35.2 Å². The maximum Gasteiger partial charge on any atom is 0.210 e. The lowest BCUT2D eigenvalue weighted by atomic mass is 9.79. The van der Waals surface area contributed by atoms with Crippen molar-refractivity contribution in [1.29, 1.82) is 0 Å². The van der Waals surface area contributed by atoms with Crippen molar-refractivity contribution in [2.75, 3.05) is 0 Å². The molecular formula is C39H64O6. The second-order valence-electron chi connectivity index (χ2n) is 12.1. The van der Waals surface area contributed by atoms with Gasteiger partial charge in [0.05, 0.1) is 0 Å². The predicted octanol–water partition coefficient (Wildman–Crippen LogP) is 8.79. The van der Waals surface area contributed by atoms with Gasteiger partial charge < -0.3 is 15.3 Å². The third kappa shape index (κ3) is 20.4. The van der Waals surface area contributed by atoms with Crippen LogP contribution in [0, 0.1) is 0 Å². The summed E-state index contributed by atoms with van der Waals surface area (Å²) in [4.78, 5) is 38.7. The molecule has 0 aromatic rings. The maximum absolute atomic E-state index is 13.1. The SMILES string of the molecule is CCCCCCCCCC=CC=CC=CC=CC=CC(=O)C(O)C(O)C(O)(C(=O)CCCCCCC)C(=O)CCCCCCC. The van der Waals surface area contributed by atoms with Crippen molar-refractivity contribution in [3.63, 3.8) is 0 Å². The number of carbonyl (C=O) groups excluding carboxylic acids is 3. The molecule has 0 saturated carbocycles. The van der Waals surface area contributed by atoms with E-state index in [1.165, 1.54) is 51.0 Å². The molecule has 0 rings (SSSR count). The van der Waals surface area contributed by atoms with Crippen LogP contribution in [0.3, 0.4) is 0 Å². The Balaban J connectivity index is 4.94. The number of rotatable bonds is 30. The number of unbranched alkanes of at least 4 members (excludes halogenated alkanes) is 15. The van der Waals surface area contributed by atoms with Crippen molar-refractivity contribution in [1.82, 2.24) is 0 Å². The molecule has 6 heteroatoms. The van der Waals surface area contributed by atoms with Gasteiger partial charge in [0.15, 0.2) is 17.3 Å². The first-order valence-electron chi connectivity index (χ1n) is 17.8. The molecule has 0 aromatic heterocycles. The van der Waals surface area contributed by atoms with E-state index in [9.17, 15) is 29.7 Å². The van der Waals surface area contributed by atoms with Crippen LogP contribution in [0.2, 0.25) is 0 Å². The van der Waals surface area contributed by atoms with E-state index in [1.54, 1.807) is 18.2 Å². The van der Waals surface area contributed by atoms with E-state index in [4.69, 9.17) is 0 Å². The maximum atomic E-state index is 13.1. The fourth-order valence-corrected chi connectivity index (χ4v) is 5.06. The van der Waals surface area contributed by atoms with Crippen LogP contribution in [0.1, 0.15) is 149 Å². The molecule has 0 aliphatic carbocycles. The second-order valence-corrected chi connectivity index (χ2v) is 12.1. The van der Waals surface area contributed by atoms with Gasteiger partial charge in [-0.15, -0.1) is 0 Å². The van der Waals surface area contributed by atoms with E-state index in [1.807, 2.05) is 24.3 Å². The first kappa shape index (κ1) is 42.6. The number of allylic oxidation sites excluding steroid dienone is 9. The van der Waals surface area contributed by atoms with Crippen LogP contribution >= 0.6 is 0 Å². The summed E-state index contributed by atoms with van der Waals surface area (Å²) in [7, 11) is 0. The molecule has 45 heavy (non-hydrogen) atoms. The number of hydrogen-bond acceptors (Lipinski definition) is 6. The Hall–Kier alpha value is -2.41. The minimum Gasteiger partial charge on any atom is -0.386 e. The Morgan fingerprint density at radius 1 is 0.533 bits per heavy atom. The van der Waals surface area contributed by atoms with E-state index in [0.29, 0.717) is 12.8 Å². The minimum atomic E-state index is -2.81. The summed E-state index contributed by atoms with van der Waals surface area (Å²) in [5.41, 5.74) is -2.81. The average Bonchev–Trinajstić information content (AvgIpc) is 3.04. The minimum absolute atomic E-state index is 0.103. The Kier molecular flexibility index (Phi) is 27.5. The van der Waals surface area contributed by atoms with Gasteiger partial charge >= 0.3 is 0 Å². The summed E-state index contributed by atoms with van der Waals surface area (Å²) in [6.07, 6.45) is 31.5. The highest BCUT2D eigenvalue weighted by Crippen LogP contribution is 2.24. The van der Waals surface area contributed by atoms with Crippen LogP contribution in [0.25, 0.3) is 0 Å². The van der Waals surface area contributed by atoms with E-state index >= 15 is 0 Å². The zero-order valence-electron chi connectivity index (χ0n) is 28.6. The van der Waals surface area contributed by atoms with Gasteiger partial charge in [-0.05, 0) is 31.8 Å². The van der Waals surface area contributed by atoms with Gasteiger partial charge in [0.25, 0.3) is 0 Å². The lowest BCUT2D eigenvalue weighted by molar-refractivity contribution is -0.173. The zero-order valence-corrected chi connectivity index (χ0v) is 28.6. The van der Waals surface area contributed by atoms with Crippen molar-refractivity contribution >= 4 is 17.3 Å². The van der Waals surface area contributed by atoms with E-state index in [-0.39, 0.29) is 12.8 Å². The standard InChI is InChI=1S/C39H64O6/c1-4-7-10-13-14-15-16-17-18-19-20-21-22-23-24-27-28-31-34(40)37(43)38(44)39(45,35(41)32-29-25-11-8-5-2)36(42)33-30-26-12-9-6-3/h18-24,27-28,31,37-38,43-45H,4-17,25-26,29-30,32-33H2,1-3H3. The molecule has 2 unspecified atom stereocenters. The highest BCUT2D eigenvalue weighted by molar-refractivity contribution is 6.11. The molecule has 0 spiro atoms. The van der Waals surface area contributed by atoms with Gasteiger partial charge in [-0.3, -0.25) is 14.4 Å². The molecule has 0 bridgehead atoms. The Bertz CT molecular complexity index is 900. The molecule has 0 aliphatic rings. The van der Waals surface area contributed by atoms with Crippen molar-refractivity contribution in [2.45, 2.75) is 167 Å². The van der Waals surface area contributed by atoms with Crippen molar-refractivity contribution in [3.8, 4) is 0 Å². The molecule has 0 aliphatic heterocycles. The van der Waals surface area contributed by atoms with Crippen LogP contribution in [0.5, 0.6) is 0 Å². The summed E-state index contributed by atoms with van der Waals surface area (Å²) in [6, 6.07) is 0. The van der Waals surface area contributed by atoms with Crippen molar-refractivity contribution < 1.29 is 29.7 Å². The van der Waals surface area contributed by atoms with E-state index in [0.717, 1.165) is 63.9 Å². The van der Waals surface area contributed by atoms with Crippen LogP contribution < -0.4 is 0 Å². The molecule has 256 valence electrons. The normalized spacial score (nSPS) is 14.1. The molecule has 0 radical (unpaired) electrons. The smallest absolute Gasteiger partial charge is 0.210 e. The Morgan fingerprint density at radius 2 is 0.911 bits per heavy atom. The number of aliphatic hydroxyl groups excluding tert-OH is 2.